The third kappa shape index (κ3) is 4.29. The number of nitrogens with one attached hydrogen (secondary N) is 1. The average molecular weight is 256 g/mol. The molecule has 18 heavy (non-hydrogen) atoms. The standard InChI is InChI=1S/C13H24N2O3/c1-3-11(14)12(16)15-10-7-5-9(6-8-10)13(17)18-4-2/h9-11H,3-8,14H2,1-2H3,(H,15,16)/t9?,10?,11-/m1/s1. The number of esters is 1. The van der Waals surface area contributed by atoms with Gasteiger partial charge in [0.2, 0.25) is 5.91 Å². The third-order valence-corrected chi connectivity index (χ3v) is 3.47. The molecule has 5 nitrogen and oxygen atoms in total. The predicted octanol–water partition coefficient (Wildman–Crippen LogP) is 0.962. The van der Waals surface area contributed by atoms with Crippen molar-refractivity contribution in [1.82, 2.24) is 5.32 Å². The second-order valence-electron chi connectivity index (χ2n) is 4.82. The van der Waals surface area contributed by atoms with Gasteiger partial charge in [0.25, 0.3) is 0 Å². The lowest BCUT2D eigenvalue weighted by atomic mass is 9.86. The molecule has 0 spiro atoms. The van der Waals surface area contributed by atoms with E-state index in [0.717, 1.165) is 25.7 Å². The molecule has 1 aliphatic carbocycles. The van der Waals surface area contributed by atoms with Gasteiger partial charge in [-0.25, -0.2) is 0 Å². The molecule has 1 atom stereocenters. The molecule has 1 aliphatic rings. The van der Waals surface area contributed by atoms with E-state index in [1.54, 1.807) is 0 Å². The molecule has 1 fully saturated rings. The minimum Gasteiger partial charge on any atom is -0.466 e. The van der Waals surface area contributed by atoms with Gasteiger partial charge in [-0.1, -0.05) is 6.92 Å². The van der Waals surface area contributed by atoms with Gasteiger partial charge in [0, 0.05) is 6.04 Å². The number of amides is 1. The molecule has 3 N–H and O–H groups in total. The van der Waals surface area contributed by atoms with Gasteiger partial charge in [-0.15, -0.1) is 0 Å². The first-order valence-electron chi connectivity index (χ1n) is 6.81. The van der Waals surface area contributed by atoms with Crippen molar-refractivity contribution in [3.05, 3.63) is 0 Å². The Hall–Kier alpha value is -1.10. The smallest absolute Gasteiger partial charge is 0.308 e. The number of nitrogens with two attached hydrogens (primary N) is 1. The first-order valence-corrected chi connectivity index (χ1v) is 6.81. The van der Waals surface area contributed by atoms with Crippen LogP contribution in [0.25, 0.3) is 0 Å². The number of hydrogen-bond acceptors (Lipinski definition) is 4. The fourth-order valence-corrected chi connectivity index (χ4v) is 2.23. The molecule has 0 bridgehead atoms. The summed E-state index contributed by atoms with van der Waals surface area (Å²) in [6.07, 6.45) is 3.86. The van der Waals surface area contributed by atoms with Crippen LogP contribution in [0.3, 0.4) is 0 Å². The summed E-state index contributed by atoms with van der Waals surface area (Å²) in [5, 5.41) is 2.94. The van der Waals surface area contributed by atoms with Crippen LogP contribution in [0.4, 0.5) is 0 Å². The van der Waals surface area contributed by atoms with Gasteiger partial charge in [-0.3, -0.25) is 9.59 Å². The van der Waals surface area contributed by atoms with E-state index >= 15 is 0 Å². The molecule has 0 aromatic heterocycles. The summed E-state index contributed by atoms with van der Waals surface area (Å²) in [7, 11) is 0. The van der Waals surface area contributed by atoms with Gasteiger partial charge in [0.15, 0.2) is 0 Å². The Bertz CT molecular complexity index is 286. The van der Waals surface area contributed by atoms with Crippen molar-refractivity contribution in [3.8, 4) is 0 Å². The van der Waals surface area contributed by atoms with Crippen molar-refractivity contribution < 1.29 is 14.3 Å². The van der Waals surface area contributed by atoms with Crippen LogP contribution < -0.4 is 11.1 Å². The molecule has 104 valence electrons. The van der Waals surface area contributed by atoms with Crippen molar-refractivity contribution in [1.29, 1.82) is 0 Å². The molecule has 0 aromatic carbocycles. The van der Waals surface area contributed by atoms with Crippen LogP contribution in [0.5, 0.6) is 0 Å². The summed E-state index contributed by atoms with van der Waals surface area (Å²) in [4.78, 5) is 23.2. The molecule has 5 heteroatoms. The van der Waals surface area contributed by atoms with E-state index < -0.39 is 6.04 Å². The van der Waals surface area contributed by atoms with Gasteiger partial charge in [0.1, 0.15) is 0 Å². The first-order chi connectivity index (χ1) is 8.58. The van der Waals surface area contributed by atoms with E-state index in [-0.39, 0.29) is 23.8 Å². The Morgan fingerprint density at radius 3 is 2.39 bits per heavy atom. The van der Waals surface area contributed by atoms with Crippen LogP contribution in [0.2, 0.25) is 0 Å². The summed E-state index contributed by atoms with van der Waals surface area (Å²) < 4.78 is 5.01. The summed E-state index contributed by atoms with van der Waals surface area (Å²) in [6.45, 7) is 4.14. The summed E-state index contributed by atoms with van der Waals surface area (Å²) in [5.41, 5.74) is 5.66. The molecular formula is C13H24N2O3. The highest BCUT2D eigenvalue weighted by Gasteiger charge is 2.28. The topological polar surface area (TPSA) is 81.4 Å². The number of hydrogen-bond donors (Lipinski definition) is 2. The van der Waals surface area contributed by atoms with Gasteiger partial charge >= 0.3 is 5.97 Å². The number of rotatable bonds is 5. The maximum absolute atomic E-state index is 11.6. The van der Waals surface area contributed by atoms with Crippen LogP contribution in [-0.4, -0.2) is 30.6 Å². The van der Waals surface area contributed by atoms with Crippen molar-refractivity contribution in [2.75, 3.05) is 6.61 Å². The maximum atomic E-state index is 11.6. The fraction of sp³-hybridized carbons (Fsp3) is 0.846. The van der Waals surface area contributed by atoms with Crippen LogP contribution >= 0.6 is 0 Å². The van der Waals surface area contributed by atoms with E-state index in [1.165, 1.54) is 0 Å². The van der Waals surface area contributed by atoms with Crippen molar-refractivity contribution in [2.24, 2.45) is 11.7 Å². The Morgan fingerprint density at radius 2 is 1.89 bits per heavy atom. The van der Waals surface area contributed by atoms with Crippen molar-refractivity contribution >= 4 is 11.9 Å². The summed E-state index contributed by atoms with van der Waals surface area (Å²) in [5.74, 6) is -0.192. The second kappa shape index (κ2) is 7.36. The molecule has 1 amide bonds. The predicted molar refractivity (Wildman–Crippen MR) is 68.8 cm³/mol. The van der Waals surface area contributed by atoms with Gasteiger partial charge in [-0.2, -0.15) is 0 Å². The molecule has 0 aromatic rings. The lowest BCUT2D eigenvalue weighted by Gasteiger charge is -2.28. The largest absolute Gasteiger partial charge is 0.466 e. The van der Waals surface area contributed by atoms with E-state index in [1.807, 2.05) is 13.8 Å². The number of carbonyl (C=O) groups is 2. The molecule has 0 saturated heterocycles. The van der Waals surface area contributed by atoms with Gasteiger partial charge in [-0.05, 0) is 39.0 Å². The normalized spacial score (nSPS) is 25.3. The first kappa shape index (κ1) is 15.0. The second-order valence-corrected chi connectivity index (χ2v) is 4.82. The van der Waals surface area contributed by atoms with E-state index in [4.69, 9.17) is 10.5 Å². The Kier molecular flexibility index (Phi) is 6.12. The highest BCUT2D eigenvalue weighted by molar-refractivity contribution is 5.81. The monoisotopic (exact) mass is 256 g/mol. The zero-order valence-corrected chi connectivity index (χ0v) is 11.3. The quantitative estimate of drug-likeness (QED) is 0.718. The lowest BCUT2D eigenvalue weighted by molar-refractivity contribution is -0.149. The minimum atomic E-state index is -0.423. The summed E-state index contributed by atoms with van der Waals surface area (Å²) in [6, 6.07) is -0.270. The fourth-order valence-electron chi connectivity index (χ4n) is 2.23. The zero-order chi connectivity index (χ0) is 13.5. The van der Waals surface area contributed by atoms with Crippen LogP contribution in [0.1, 0.15) is 46.0 Å². The van der Waals surface area contributed by atoms with Gasteiger partial charge in [0.05, 0.1) is 18.6 Å². The van der Waals surface area contributed by atoms with Crippen LogP contribution in [0.15, 0.2) is 0 Å². The average Bonchev–Trinajstić information content (AvgIpc) is 2.38. The molecule has 1 saturated carbocycles. The Labute approximate surface area is 108 Å². The molecule has 0 heterocycles. The third-order valence-electron chi connectivity index (χ3n) is 3.47. The lowest BCUT2D eigenvalue weighted by Crippen LogP contribution is -2.46. The highest BCUT2D eigenvalue weighted by Crippen LogP contribution is 2.25. The van der Waals surface area contributed by atoms with Gasteiger partial charge < -0.3 is 15.8 Å². The molecule has 0 aliphatic heterocycles. The van der Waals surface area contributed by atoms with E-state index in [2.05, 4.69) is 5.32 Å². The summed E-state index contributed by atoms with van der Waals surface area (Å²) >= 11 is 0. The highest BCUT2D eigenvalue weighted by atomic mass is 16.5. The Morgan fingerprint density at radius 1 is 1.28 bits per heavy atom. The molecule has 1 rings (SSSR count). The van der Waals surface area contributed by atoms with Crippen molar-refractivity contribution in [2.45, 2.75) is 58.0 Å². The number of ether oxygens (including phenoxy) is 1. The maximum Gasteiger partial charge on any atom is 0.308 e. The molecule has 0 radical (unpaired) electrons. The Balaban J connectivity index is 2.31. The SMILES string of the molecule is CCOC(=O)C1CCC(NC(=O)[C@H](N)CC)CC1. The van der Waals surface area contributed by atoms with Crippen molar-refractivity contribution in [3.63, 3.8) is 0 Å². The molecule has 0 unspecified atom stereocenters. The van der Waals surface area contributed by atoms with Crippen LogP contribution in [0, 0.1) is 5.92 Å². The number of carbonyl (C=O) groups excluding carboxylic acids is 2. The van der Waals surface area contributed by atoms with Crippen LogP contribution in [-0.2, 0) is 14.3 Å². The minimum absolute atomic E-state index is 0.00190. The molecular weight excluding hydrogens is 232 g/mol. The zero-order valence-electron chi connectivity index (χ0n) is 11.3. The van der Waals surface area contributed by atoms with E-state index in [0.29, 0.717) is 13.0 Å². The van der Waals surface area contributed by atoms with E-state index in [9.17, 15) is 9.59 Å².